The van der Waals surface area contributed by atoms with Gasteiger partial charge in [0.2, 0.25) is 0 Å². The largest absolute Gasteiger partial charge is 0.387 e. The molecule has 3 nitrogen and oxygen atoms in total. The molecule has 2 N–H and O–H groups in total. The van der Waals surface area contributed by atoms with E-state index in [-0.39, 0.29) is 11.8 Å². The summed E-state index contributed by atoms with van der Waals surface area (Å²) in [6, 6.07) is 18.4. The summed E-state index contributed by atoms with van der Waals surface area (Å²) >= 11 is 6.08. The lowest BCUT2D eigenvalue weighted by atomic mass is 9.89. The summed E-state index contributed by atoms with van der Waals surface area (Å²) in [6.45, 7) is 13.4. The smallest absolute Gasteiger partial charge is 0.102 e. The zero-order valence-corrected chi connectivity index (χ0v) is 18.3. The van der Waals surface area contributed by atoms with Crippen LogP contribution in [0.4, 0.5) is 0 Å². The summed E-state index contributed by atoms with van der Waals surface area (Å²) in [4.78, 5) is 7.32. The highest BCUT2D eigenvalue weighted by molar-refractivity contribution is 6.30. The standard InChI is InChI=1S/C25H30ClN3/c1-17(2)25(27)28-24-18(3)14-29(15-20-8-6-5-7-9-20)16-23(24)19(4)21-10-12-22(26)13-11-21/h5-13,17-18H,4,14-16H2,1-3H3,(H2,27,28). The van der Waals surface area contributed by atoms with Crippen LogP contribution in [-0.2, 0) is 6.54 Å². The second-order valence-corrected chi connectivity index (χ2v) is 8.53. The van der Waals surface area contributed by atoms with E-state index in [0.29, 0.717) is 5.84 Å². The monoisotopic (exact) mass is 407 g/mol. The molecule has 0 radical (unpaired) electrons. The number of benzene rings is 2. The van der Waals surface area contributed by atoms with Crippen molar-refractivity contribution in [2.24, 2.45) is 22.6 Å². The maximum Gasteiger partial charge on any atom is 0.102 e. The van der Waals surface area contributed by atoms with Crippen molar-refractivity contribution in [1.82, 2.24) is 4.90 Å². The number of rotatable bonds is 6. The zero-order chi connectivity index (χ0) is 21.0. The third-order valence-electron chi connectivity index (χ3n) is 5.34. The van der Waals surface area contributed by atoms with Crippen LogP contribution in [0.2, 0.25) is 5.02 Å². The van der Waals surface area contributed by atoms with Gasteiger partial charge >= 0.3 is 0 Å². The van der Waals surface area contributed by atoms with Crippen molar-refractivity contribution in [2.75, 3.05) is 13.1 Å². The number of amidine groups is 1. The van der Waals surface area contributed by atoms with Gasteiger partial charge in [-0.3, -0.25) is 4.90 Å². The third-order valence-corrected chi connectivity index (χ3v) is 5.59. The molecule has 0 aromatic heterocycles. The average molecular weight is 408 g/mol. The molecule has 1 unspecified atom stereocenters. The summed E-state index contributed by atoms with van der Waals surface area (Å²) in [5, 5.41) is 0.723. The van der Waals surface area contributed by atoms with Crippen LogP contribution in [0.25, 0.3) is 5.57 Å². The van der Waals surface area contributed by atoms with Crippen molar-refractivity contribution >= 4 is 23.0 Å². The van der Waals surface area contributed by atoms with E-state index in [1.54, 1.807) is 0 Å². The molecule has 1 atom stereocenters. The van der Waals surface area contributed by atoms with E-state index in [1.165, 1.54) is 5.56 Å². The van der Waals surface area contributed by atoms with Crippen LogP contribution in [-0.4, -0.2) is 23.8 Å². The third kappa shape index (κ3) is 5.37. The number of aliphatic imine (C=N–C) groups is 1. The SMILES string of the molecule is C=C(C1=C(N=C(N)C(C)C)C(C)CN(Cc2ccccc2)C1)c1ccc(Cl)cc1. The van der Waals surface area contributed by atoms with Gasteiger partial charge in [-0.1, -0.05) is 81.4 Å². The number of nitrogens with zero attached hydrogens (tertiary/aromatic N) is 2. The minimum absolute atomic E-state index is 0.210. The fourth-order valence-corrected chi connectivity index (χ4v) is 3.75. The van der Waals surface area contributed by atoms with Gasteiger partial charge in [0.1, 0.15) is 5.84 Å². The Morgan fingerprint density at radius 3 is 2.45 bits per heavy atom. The number of nitrogens with two attached hydrogens (primary N) is 1. The van der Waals surface area contributed by atoms with Crippen molar-refractivity contribution in [2.45, 2.75) is 27.3 Å². The van der Waals surface area contributed by atoms with Crippen LogP contribution in [0.5, 0.6) is 0 Å². The van der Waals surface area contributed by atoms with Crippen molar-refractivity contribution in [3.63, 3.8) is 0 Å². The van der Waals surface area contributed by atoms with Crippen molar-refractivity contribution < 1.29 is 0 Å². The molecule has 4 heteroatoms. The molecule has 1 aliphatic heterocycles. The van der Waals surface area contributed by atoms with Gasteiger partial charge in [0.15, 0.2) is 0 Å². The predicted octanol–water partition coefficient (Wildman–Crippen LogP) is 5.77. The Morgan fingerprint density at radius 1 is 1.17 bits per heavy atom. The van der Waals surface area contributed by atoms with Gasteiger partial charge in [-0.25, -0.2) is 4.99 Å². The fourth-order valence-electron chi connectivity index (χ4n) is 3.62. The molecule has 1 aliphatic rings. The molecule has 2 aromatic rings. The van der Waals surface area contributed by atoms with Gasteiger partial charge in [0.05, 0.1) is 5.70 Å². The van der Waals surface area contributed by atoms with Crippen LogP contribution in [0.1, 0.15) is 31.9 Å². The van der Waals surface area contributed by atoms with E-state index in [1.807, 2.05) is 24.3 Å². The van der Waals surface area contributed by atoms with Crippen LogP contribution in [0, 0.1) is 11.8 Å². The Balaban J connectivity index is 1.97. The quantitative estimate of drug-likeness (QED) is 0.487. The predicted molar refractivity (Wildman–Crippen MR) is 125 cm³/mol. The summed E-state index contributed by atoms with van der Waals surface area (Å²) < 4.78 is 0. The molecule has 29 heavy (non-hydrogen) atoms. The zero-order valence-electron chi connectivity index (χ0n) is 17.5. The van der Waals surface area contributed by atoms with Gasteiger partial charge < -0.3 is 5.73 Å². The van der Waals surface area contributed by atoms with Crippen LogP contribution in [0.15, 0.2) is 77.4 Å². The Kier molecular flexibility index (Phi) is 6.94. The Morgan fingerprint density at radius 2 is 1.83 bits per heavy atom. The molecule has 152 valence electrons. The lowest BCUT2D eigenvalue weighted by molar-refractivity contribution is 0.245. The molecule has 2 aromatic carbocycles. The van der Waals surface area contributed by atoms with Crippen LogP contribution < -0.4 is 5.73 Å². The molecule has 3 rings (SSSR count). The van der Waals surface area contributed by atoms with E-state index < -0.39 is 0 Å². The van der Waals surface area contributed by atoms with Gasteiger partial charge in [-0.2, -0.15) is 0 Å². The fraction of sp³-hybridized carbons (Fsp3) is 0.320. The highest BCUT2D eigenvalue weighted by Crippen LogP contribution is 2.34. The first-order valence-electron chi connectivity index (χ1n) is 10.1. The highest BCUT2D eigenvalue weighted by Gasteiger charge is 2.27. The van der Waals surface area contributed by atoms with E-state index in [9.17, 15) is 0 Å². The summed E-state index contributed by atoms with van der Waals surface area (Å²) in [5.74, 6) is 1.15. The molecule has 0 saturated heterocycles. The minimum atomic E-state index is 0.210. The van der Waals surface area contributed by atoms with E-state index >= 15 is 0 Å². The number of hydrogen-bond donors (Lipinski definition) is 1. The van der Waals surface area contributed by atoms with Gasteiger partial charge in [-0.05, 0) is 34.4 Å². The van der Waals surface area contributed by atoms with Gasteiger partial charge in [0, 0.05) is 36.5 Å². The summed E-state index contributed by atoms with van der Waals surface area (Å²) in [5.41, 5.74) is 11.8. The lowest BCUT2D eigenvalue weighted by Gasteiger charge is -2.34. The molecule has 0 bridgehead atoms. The Labute approximate surface area is 179 Å². The maximum atomic E-state index is 6.24. The van der Waals surface area contributed by atoms with E-state index in [4.69, 9.17) is 22.3 Å². The van der Waals surface area contributed by atoms with Crippen molar-refractivity contribution in [3.8, 4) is 0 Å². The second-order valence-electron chi connectivity index (χ2n) is 8.10. The van der Waals surface area contributed by atoms with Crippen LogP contribution >= 0.6 is 11.6 Å². The van der Waals surface area contributed by atoms with E-state index in [0.717, 1.165) is 47.1 Å². The molecule has 0 spiro atoms. The first-order chi connectivity index (χ1) is 13.8. The maximum absolute atomic E-state index is 6.24. The first kappa shape index (κ1) is 21.4. The Hall–Kier alpha value is -2.36. The van der Waals surface area contributed by atoms with Crippen LogP contribution in [0.3, 0.4) is 0 Å². The molecule has 0 saturated carbocycles. The molecule has 0 amide bonds. The molecule has 1 heterocycles. The van der Waals surface area contributed by atoms with Crippen molar-refractivity contribution in [3.05, 3.63) is 88.6 Å². The minimum Gasteiger partial charge on any atom is -0.387 e. The summed E-state index contributed by atoms with van der Waals surface area (Å²) in [7, 11) is 0. The topological polar surface area (TPSA) is 41.6 Å². The van der Waals surface area contributed by atoms with Gasteiger partial charge in [0.25, 0.3) is 0 Å². The van der Waals surface area contributed by atoms with Crippen molar-refractivity contribution in [1.29, 1.82) is 0 Å². The molecular weight excluding hydrogens is 378 g/mol. The highest BCUT2D eigenvalue weighted by atomic mass is 35.5. The summed E-state index contributed by atoms with van der Waals surface area (Å²) in [6.07, 6.45) is 0. The average Bonchev–Trinajstić information content (AvgIpc) is 2.70. The number of halogens is 1. The Bertz CT molecular complexity index is 911. The first-order valence-corrected chi connectivity index (χ1v) is 10.5. The van der Waals surface area contributed by atoms with E-state index in [2.05, 4.69) is 62.6 Å². The molecule has 0 aliphatic carbocycles. The number of hydrogen-bond acceptors (Lipinski definition) is 2. The normalized spacial score (nSPS) is 18.4. The lowest BCUT2D eigenvalue weighted by Crippen LogP contribution is -2.36. The van der Waals surface area contributed by atoms with Gasteiger partial charge in [-0.15, -0.1) is 0 Å². The molecular formula is C25H30ClN3. The molecule has 0 fully saturated rings. The second kappa shape index (κ2) is 9.43.